The minimum atomic E-state index is -0.542. The molecule has 6 nitrogen and oxygen atoms in total. The van der Waals surface area contributed by atoms with Crippen LogP contribution in [0.25, 0.3) is 16.8 Å². The maximum atomic E-state index is 13.2. The molecule has 0 saturated carbocycles. The van der Waals surface area contributed by atoms with Gasteiger partial charge in [-0.1, -0.05) is 71.7 Å². The highest BCUT2D eigenvalue weighted by atomic mass is 35.5. The molecule has 0 aliphatic carbocycles. The molecular weight excluding hydrogens is 555 g/mol. The summed E-state index contributed by atoms with van der Waals surface area (Å²) in [5.74, 6) is -0.481. The van der Waals surface area contributed by atoms with Crippen LogP contribution in [0.15, 0.2) is 83.8 Å². The first-order chi connectivity index (χ1) is 18.8. The zero-order chi connectivity index (χ0) is 27.5. The SMILES string of the molecule is Cc1ccc(Cl)cc1NC(=O)CN1C(=O)S/C(=C/c2c(OCc3ccc(Cl)cc3)ccc3ccccc23)C1=O. The highest BCUT2D eigenvalue weighted by Crippen LogP contribution is 2.37. The van der Waals surface area contributed by atoms with Crippen molar-refractivity contribution in [3.05, 3.63) is 111 Å². The largest absolute Gasteiger partial charge is 0.488 e. The monoisotopic (exact) mass is 576 g/mol. The number of nitrogens with zero attached hydrogens (tertiary/aromatic N) is 1. The number of hydrogen-bond donors (Lipinski definition) is 1. The zero-order valence-corrected chi connectivity index (χ0v) is 23.1. The Balaban J connectivity index is 1.40. The summed E-state index contributed by atoms with van der Waals surface area (Å²) in [5, 5.41) is 5.13. The molecule has 0 radical (unpaired) electrons. The van der Waals surface area contributed by atoms with Crippen molar-refractivity contribution in [3.63, 3.8) is 0 Å². The molecule has 3 amide bonds. The van der Waals surface area contributed by atoms with E-state index in [1.54, 1.807) is 36.4 Å². The molecule has 1 aliphatic rings. The van der Waals surface area contributed by atoms with Crippen LogP contribution in [0.3, 0.4) is 0 Å². The Morgan fingerprint density at radius 3 is 2.51 bits per heavy atom. The van der Waals surface area contributed by atoms with Gasteiger partial charge in [0.2, 0.25) is 5.91 Å². The van der Waals surface area contributed by atoms with Gasteiger partial charge >= 0.3 is 0 Å². The number of anilines is 1. The number of carbonyl (C=O) groups is 3. The lowest BCUT2D eigenvalue weighted by Crippen LogP contribution is -2.36. The van der Waals surface area contributed by atoms with E-state index in [1.165, 1.54) is 0 Å². The van der Waals surface area contributed by atoms with E-state index in [0.29, 0.717) is 33.7 Å². The van der Waals surface area contributed by atoms with Gasteiger partial charge in [0.25, 0.3) is 11.1 Å². The van der Waals surface area contributed by atoms with Crippen molar-refractivity contribution in [2.45, 2.75) is 13.5 Å². The molecule has 0 atom stereocenters. The van der Waals surface area contributed by atoms with Gasteiger partial charge in [-0.3, -0.25) is 19.3 Å². The van der Waals surface area contributed by atoms with E-state index in [0.717, 1.165) is 38.6 Å². The van der Waals surface area contributed by atoms with Gasteiger partial charge in [-0.2, -0.15) is 0 Å². The molecule has 4 aromatic carbocycles. The van der Waals surface area contributed by atoms with E-state index in [1.807, 2.05) is 55.5 Å². The van der Waals surface area contributed by atoms with Gasteiger partial charge in [-0.15, -0.1) is 0 Å². The van der Waals surface area contributed by atoms with Gasteiger partial charge in [-0.25, -0.2) is 0 Å². The van der Waals surface area contributed by atoms with Crippen molar-refractivity contribution in [3.8, 4) is 5.75 Å². The molecule has 1 fully saturated rings. The molecule has 4 aromatic rings. The molecule has 1 aliphatic heterocycles. The van der Waals surface area contributed by atoms with Crippen LogP contribution < -0.4 is 10.1 Å². The minimum Gasteiger partial charge on any atom is -0.488 e. The van der Waals surface area contributed by atoms with Crippen molar-refractivity contribution in [2.75, 3.05) is 11.9 Å². The maximum Gasteiger partial charge on any atom is 0.294 e. The lowest BCUT2D eigenvalue weighted by atomic mass is 10.0. The van der Waals surface area contributed by atoms with Crippen LogP contribution in [-0.2, 0) is 16.2 Å². The van der Waals surface area contributed by atoms with Gasteiger partial charge < -0.3 is 10.1 Å². The van der Waals surface area contributed by atoms with Crippen molar-refractivity contribution in [1.29, 1.82) is 0 Å². The van der Waals surface area contributed by atoms with Crippen LogP contribution in [0.4, 0.5) is 10.5 Å². The Kier molecular flexibility index (Phi) is 7.93. The standard InChI is InChI=1S/C30H22Cl2N2O4S/c1-18-6-10-22(32)14-25(18)33-28(35)16-34-29(36)27(39-30(34)37)15-24-23-5-3-2-4-20(23)9-13-26(24)38-17-19-7-11-21(31)12-8-19/h2-15H,16-17H2,1H3,(H,33,35)/b27-15+. The Labute approximate surface area is 239 Å². The Bertz CT molecular complexity index is 1640. The number of benzene rings is 4. The number of amides is 3. The van der Waals surface area contributed by atoms with Crippen molar-refractivity contribution < 1.29 is 19.1 Å². The van der Waals surface area contributed by atoms with Crippen molar-refractivity contribution >= 4 is 74.6 Å². The number of halogens is 2. The summed E-state index contributed by atoms with van der Waals surface area (Å²) < 4.78 is 6.14. The number of nitrogens with one attached hydrogen (secondary N) is 1. The summed E-state index contributed by atoms with van der Waals surface area (Å²) in [7, 11) is 0. The van der Waals surface area contributed by atoms with Crippen LogP contribution in [0.5, 0.6) is 5.75 Å². The van der Waals surface area contributed by atoms with Crippen molar-refractivity contribution in [2.24, 2.45) is 0 Å². The van der Waals surface area contributed by atoms with Gasteiger partial charge in [0.15, 0.2) is 0 Å². The first-order valence-corrected chi connectivity index (χ1v) is 13.6. The Morgan fingerprint density at radius 1 is 0.974 bits per heavy atom. The average Bonchev–Trinajstić information content (AvgIpc) is 3.18. The Hall–Kier alpha value is -3.78. The molecule has 196 valence electrons. The molecule has 9 heteroatoms. The second kappa shape index (κ2) is 11.5. The molecular formula is C30H22Cl2N2O4S. The first-order valence-electron chi connectivity index (χ1n) is 12.0. The lowest BCUT2D eigenvalue weighted by molar-refractivity contribution is -0.127. The number of thioether (sulfide) groups is 1. The topological polar surface area (TPSA) is 75.7 Å². The number of fused-ring (bicyclic) bond motifs is 1. The molecule has 1 saturated heterocycles. The second-order valence-corrected chi connectivity index (χ2v) is 10.8. The van der Waals surface area contributed by atoms with Crippen LogP contribution >= 0.6 is 35.0 Å². The van der Waals surface area contributed by atoms with Crippen LogP contribution in [0.1, 0.15) is 16.7 Å². The van der Waals surface area contributed by atoms with E-state index in [9.17, 15) is 14.4 Å². The van der Waals surface area contributed by atoms with Crippen molar-refractivity contribution in [1.82, 2.24) is 4.90 Å². The maximum absolute atomic E-state index is 13.2. The first kappa shape index (κ1) is 26.8. The molecule has 0 spiro atoms. The van der Waals surface area contributed by atoms with E-state index in [-0.39, 0.29) is 4.91 Å². The summed E-state index contributed by atoms with van der Waals surface area (Å²) in [5.41, 5.74) is 2.93. The molecule has 0 bridgehead atoms. The fraction of sp³-hybridized carbons (Fsp3) is 0.100. The zero-order valence-electron chi connectivity index (χ0n) is 20.7. The second-order valence-electron chi connectivity index (χ2n) is 8.89. The number of hydrogen-bond acceptors (Lipinski definition) is 5. The Morgan fingerprint density at radius 2 is 1.72 bits per heavy atom. The molecule has 0 unspecified atom stereocenters. The minimum absolute atomic E-state index is 0.208. The van der Waals surface area contributed by atoms with Crippen LogP contribution in [-0.4, -0.2) is 28.5 Å². The van der Waals surface area contributed by atoms with Crippen LogP contribution in [0.2, 0.25) is 10.0 Å². The average molecular weight is 577 g/mol. The third-order valence-corrected chi connectivity index (χ3v) is 7.56. The number of carbonyl (C=O) groups excluding carboxylic acids is 3. The van der Waals surface area contributed by atoms with Gasteiger partial charge in [-0.05, 0) is 77.0 Å². The predicted octanol–water partition coefficient (Wildman–Crippen LogP) is 7.71. The predicted molar refractivity (Wildman–Crippen MR) is 157 cm³/mol. The number of rotatable bonds is 7. The molecule has 39 heavy (non-hydrogen) atoms. The summed E-state index contributed by atoms with van der Waals surface area (Å²) in [6.45, 7) is 1.70. The summed E-state index contributed by atoms with van der Waals surface area (Å²) in [4.78, 5) is 39.9. The normalized spacial score (nSPS) is 14.3. The number of ether oxygens (including phenoxy) is 1. The molecule has 1 heterocycles. The van der Waals surface area contributed by atoms with E-state index in [4.69, 9.17) is 27.9 Å². The molecule has 1 N–H and O–H groups in total. The summed E-state index contributed by atoms with van der Waals surface area (Å²) in [6, 6.07) is 24.0. The van der Waals surface area contributed by atoms with Gasteiger partial charge in [0.1, 0.15) is 18.9 Å². The summed E-state index contributed by atoms with van der Waals surface area (Å²) in [6.07, 6.45) is 1.66. The van der Waals surface area contributed by atoms with E-state index < -0.39 is 23.6 Å². The molecule has 5 rings (SSSR count). The molecule has 0 aromatic heterocycles. The lowest BCUT2D eigenvalue weighted by Gasteiger charge is -2.14. The summed E-state index contributed by atoms with van der Waals surface area (Å²) >= 11 is 12.8. The van der Waals surface area contributed by atoms with Gasteiger partial charge in [0, 0.05) is 21.3 Å². The third-order valence-electron chi connectivity index (χ3n) is 6.16. The third kappa shape index (κ3) is 6.11. The highest BCUT2D eigenvalue weighted by Gasteiger charge is 2.36. The number of imide groups is 1. The fourth-order valence-electron chi connectivity index (χ4n) is 4.12. The van der Waals surface area contributed by atoms with E-state index >= 15 is 0 Å². The van der Waals surface area contributed by atoms with Crippen LogP contribution in [0, 0.1) is 6.92 Å². The van der Waals surface area contributed by atoms with E-state index in [2.05, 4.69) is 5.32 Å². The number of aryl methyl sites for hydroxylation is 1. The quantitative estimate of drug-likeness (QED) is 0.228. The highest BCUT2D eigenvalue weighted by molar-refractivity contribution is 8.18. The van der Waals surface area contributed by atoms with Gasteiger partial charge in [0.05, 0.1) is 4.91 Å². The fourth-order valence-corrected chi connectivity index (χ4v) is 5.24. The smallest absolute Gasteiger partial charge is 0.294 e.